The summed E-state index contributed by atoms with van der Waals surface area (Å²) in [6.45, 7) is 5.01. The van der Waals surface area contributed by atoms with Gasteiger partial charge in [-0.1, -0.05) is 0 Å². The first-order valence-electron chi connectivity index (χ1n) is 6.33. The van der Waals surface area contributed by atoms with Crippen LogP contribution in [-0.4, -0.2) is 47.1 Å². The summed E-state index contributed by atoms with van der Waals surface area (Å²) >= 11 is 0. The topological polar surface area (TPSA) is 93.1 Å². The summed E-state index contributed by atoms with van der Waals surface area (Å²) in [6.07, 6.45) is 0.366. The number of hydrogen-bond donors (Lipinski definition) is 2. The van der Waals surface area contributed by atoms with E-state index in [1.807, 2.05) is 0 Å². The van der Waals surface area contributed by atoms with Crippen molar-refractivity contribution in [2.75, 3.05) is 13.7 Å². The van der Waals surface area contributed by atoms with E-state index in [-0.39, 0.29) is 13.0 Å². The van der Waals surface area contributed by atoms with Crippen LogP contribution in [-0.2, 0) is 19.1 Å². The Kier molecular flexibility index (Phi) is 7.00. The maximum atomic E-state index is 11.7. The molecule has 0 rings (SSSR count). The molecule has 0 saturated carbocycles. The third-order valence-electron chi connectivity index (χ3n) is 2.70. The Morgan fingerprint density at radius 1 is 1.16 bits per heavy atom. The van der Waals surface area contributed by atoms with Gasteiger partial charge in [-0.25, -0.2) is 4.79 Å². The summed E-state index contributed by atoms with van der Waals surface area (Å²) in [4.78, 5) is 23.0. The Bertz CT molecular complexity index is 307. The van der Waals surface area contributed by atoms with Crippen LogP contribution in [0.3, 0.4) is 0 Å². The van der Waals surface area contributed by atoms with E-state index >= 15 is 0 Å². The Balaban J connectivity index is 4.66. The second-order valence-corrected chi connectivity index (χ2v) is 5.17. The third-order valence-corrected chi connectivity index (χ3v) is 2.70. The molecule has 0 fully saturated rings. The van der Waals surface area contributed by atoms with Crippen molar-refractivity contribution >= 4 is 11.9 Å². The monoisotopic (exact) mass is 276 g/mol. The average molecular weight is 276 g/mol. The molecule has 0 aromatic carbocycles. The molecule has 19 heavy (non-hydrogen) atoms. The molecule has 0 aliphatic heterocycles. The summed E-state index contributed by atoms with van der Waals surface area (Å²) < 4.78 is 9.24. The van der Waals surface area contributed by atoms with E-state index in [2.05, 4.69) is 4.74 Å². The van der Waals surface area contributed by atoms with Crippen molar-refractivity contribution < 1.29 is 29.3 Å². The van der Waals surface area contributed by atoms with E-state index < -0.39 is 29.6 Å². The van der Waals surface area contributed by atoms with Crippen LogP contribution in [0.4, 0.5) is 0 Å². The standard InChI is InChI=1S/C13H24O6/c1-5-19-11(15)13(17,9-10(14)18-4)8-6-7-12(2,3)16/h16-17H,5-9H2,1-4H3. The lowest BCUT2D eigenvalue weighted by Gasteiger charge is -2.26. The summed E-state index contributed by atoms with van der Waals surface area (Å²) in [5.41, 5.74) is -2.78. The molecule has 0 radical (unpaired) electrons. The van der Waals surface area contributed by atoms with Crippen molar-refractivity contribution in [1.82, 2.24) is 0 Å². The maximum Gasteiger partial charge on any atom is 0.338 e. The smallest absolute Gasteiger partial charge is 0.338 e. The van der Waals surface area contributed by atoms with E-state index in [0.717, 1.165) is 0 Å². The minimum absolute atomic E-state index is 0.0327. The molecule has 2 N–H and O–H groups in total. The fourth-order valence-electron chi connectivity index (χ4n) is 1.65. The van der Waals surface area contributed by atoms with Crippen molar-refractivity contribution in [3.8, 4) is 0 Å². The van der Waals surface area contributed by atoms with Crippen LogP contribution in [0, 0.1) is 0 Å². The van der Waals surface area contributed by atoms with Crippen LogP contribution < -0.4 is 0 Å². The van der Waals surface area contributed by atoms with Crippen LogP contribution >= 0.6 is 0 Å². The number of aliphatic hydroxyl groups is 2. The first kappa shape index (κ1) is 17.9. The van der Waals surface area contributed by atoms with E-state index in [0.29, 0.717) is 12.8 Å². The molecule has 0 aliphatic carbocycles. The van der Waals surface area contributed by atoms with Crippen molar-refractivity contribution in [3.05, 3.63) is 0 Å². The Labute approximate surface area is 113 Å². The lowest BCUT2D eigenvalue weighted by molar-refractivity contribution is -0.172. The first-order chi connectivity index (χ1) is 8.64. The van der Waals surface area contributed by atoms with Gasteiger partial charge in [0.25, 0.3) is 0 Å². The SMILES string of the molecule is CCOC(=O)C(O)(CCCC(C)(C)O)CC(=O)OC. The van der Waals surface area contributed by atoms with Gasteiger partial charge in [0.1, 0.15) is 0 Å². The summed E-state index contributed by atoms with van der Waals surface area (Å²) in [5.74, 6) is -1.52. The average Bonchev–Trinajstić information content (AvgIpc) is 2.27. The van der Waals surface area contributed by atoms with E-state index in [9.17, 15) is 19.8 Å². The van der Waals surface area contributed by atoms with Crippen LogP contribution in [0.2, 0.25) is 0 Å². The van der Waals surface area contributed by atoms with Crippen LogP contribution in [0.15, 0.2) is 0 Å². The van der Waals surface area contributed by atoms with E-state index in [4.69, 9.17) is 4.74 Å². The summed E-state index contributed by atoms with van der Waals surface area (Å²) in [6, 6.07) is 0. The lowest BCUT2D eigenvalue weighted by atomic mass is 9.90. The summed E-state index contributed by atoms with van der Waals surface area (Å²) in [7, 11) is 1.19. The van der Waals surface area contributed by atoms with Gasteiger partial charge in [0.2, 0.25) is 0 Å². The number of hydrogen-bond acceptors (Lipinski definition) is 6. The molecule has 0 amide bonds. The molecule has 1 unspecified atom stereocenters. The van der Waals surface area contributed by atoms with Crippen molar-refractivity contribution in [2.45, 2.75) is 57.7 Å². The maximum absolute atomic E-state index is 11.7. The fraction of sp³-hybridized carbons (Fsp3) is 0.846. The van der Waals surface area contributed by atoms with Crippen molar-refractivity contribution in [2.24, 2.45) is 0 Å². The molecule has 6 heteroatoms. The number of esters is 2. The largest absolute Gasteiger partial charge is 0.469 e. The second-order valence-electron chi connectivity index (χ2n) is 5.17. The van der Waals surface area contributed by atoms with Crippen LogP contribution in [0.1, 0.15) is 46.5 Å². The highest BCUT2D eigenvalue weighted by atomic mass is 16.6. The highest BCUT2D eigenvalue weighted by molar-refractivity contribution is 5.85. The molecule has 6 nitrogen and oxygen atoms in total. The number of rotatable bonds is 8. The third kappa shape index (κ3) is 7.12. The molecule has 0 aromatic rings. The molecule has 0 bridgehead atoms. The predicted molar refractivity (Wildman–Crippen MR) is 68.4 cm³/mol. The van der Waals surface area contributed by atoms with E-state index in [1.165, 1.54) is 7.11 Å². The summed E-state index contributed by atoms with van der Waals surface area (Å²) in [5, 5.41) is 19.8. The zero-order chi connectivity index (χ0) is 15.1. The molecule has 112 valence electrons. The normalized spacial score (nSPS) is 14.6. The Hall–Kier alpha value is -1.14. The van der Waals surface area contributed by atoms with E-state index in [1.54, 1.807) is 20.8 Å². The van der Waals surface area contributed by atoms with Gasteiger partial charge >= 0.3 is 11.9 Å². The molecular weight excluding hydrogens is 252 g/mol. The van der Waals surface area contributed by atoms with Gasteiger partial charge < -0.3 is 19.7 Å². The number of methoxy groups -OCH3 is 1. The molecule has 0 spiro atoms. The van der Waals surface area contributed by atoms with Gasteiger partial charge in [0.05, 0.1) is 25.7 Å². The number of carbonyl (C=O) groups excluding carboxylic acids is 2. The molecule has 0 heterocycles. The highest BCUT2D eigenvalue weighted by Crippen LogP contribution is 2.24. The van der Waals surface area contributed by atoms with Gasteiger partial charge in [0.15, 0.2) is 5.60 Å². The lowest BCUT2D eigenvalue weighted by Crippen LogP contribution is -2.42. The zero-order valence-corrected chi connectivity index (χ0v) is 12.1. The van der Waals surface area contributed by atoms with Gasteiger partial charge in [0, 0.05) is 0 Å². The molecular formula is C13H24O6. The predicted octanol–water partition coefficient (Wildman–Crippen LogP) is 0.785. The van der Waals surface area contributed by atoms with Crippen LogP contribution in [0.25, 0.3) is 0 Å². The molecule has 1 atom stereocenters. The highest BCUT2D eigenvalue weighted by Gasteiger charge is 2.40. The molecule has 0 aliphatic rings. The Morgan fingerprint density at radius 3 is 2.16 bits per heavy atom. The fourth-order valence-corrected chi connectivity index (χ4v) is 1.65. The van der Waals surface area contributed by atoms with Gasteiger partial charge in [-0.2, -0.15) is 0 Å². The molecule has 0 aromatic heterocycles. The van der Waals surface area contributed by atoms with Gasteiger partial charge in [-0.05, 0) is 40.0 Å². The first-order valence-corrected chi connectivity index (χ1v) is 6.33. The van der Waals surface area contributed by atoms with Gasteiger partial charge in [-0.15, -0.1) is 0 Å². The zero-order valence-electron chi connectivity index (χ0n) is 12.1. The van der Waals surface area contributed by atoms with Crippen molar-refractivity contribution in [3.63, 3.8) is 0 Å². The van der Waals surface area contributed by atoms with Gasteiger partial charge in [-0.3, -0.25) is 4.79 Å². The van der Waals surface area contributed by atoms with Crippen molar-refractivity contribution in [1.29, 1.82) is 0 Å². The number of carbonyl (C=O) groups is 2. The minimum atomic E-state index is -1.89. The second kappa shape index (κ2) is 7.45. The molecule has 0 saturated heterocycles. The minimum Gasteiger partial charge on any atom is -0.469 e. The Morgan fingerprint density at radius 2 is 1.74 bits per heavy atom. The quantitative estimate of drug-likeness (QED) is 0.636. The van der Waals surface area contributed by atoms with Crippen LogP contribution in [0.5, 0.6) is 0 Å². The number of ether oxygens (including phenoxy) is 2.